The third-order valence-electron chi connectivity index (χ3n) is 6.51. The van der Waals surface area contributed by atoms with Crippen LogP contribution in [0.4, 0.5) is 10.2 Å². The van der Waals surface area contributed by atoms with E-state index < -0.39 is 0 Å². The number of aromatic amines is 1. The number of nitrogens with zero attached hydrogens (tertiary/aromatic N) is 5. The first-order chi connectivity index (χ1) is 18.4. The lowest BCUT2D eigenvalue weighted by Crippen LogP contribution is -2.23. The van der Waals surface area contributed by atoms with E-state index >= 15 is 0 Å². The Labute approximate surface area is 215 Å². The lowest BCUT2D eigenvalue weighted by molar-refractivity contribution is 0.0948. The second-order valence-corrected chi connectivity index (χ2v) is 9.09. The van der Waals surface area contributed by atoms with Gasteiger partial charge in [0.15, 0.2) is 11.5 Å². The topological polar surface area (TPSA) is 141 Å². The van der Waals surface area contributed by atoms with Crippen molar-refractivity contribution in [3.05, 3.63) is 89.2 Å². The molecule has 190 valence electrons. The van der Waals surface area contributed by atoms with Gasteiger partial charge in [-0.3, -0.25) is 4.79 Å². The number of nitrogens with two attached hydrogens (primary N) is 1. The van der Waals surface area contributed by atoms with Gasteiger partial charge >= 0.3 is 0 Å². The molecule has 11 heteroatoms. The molecule has 0 radical (unpaired) electrons. The SMILES string of the molecule is Cc1noc(C)c1C(=O)NCc1cc2cc(-c3ccc(F)cc3)cc(Cn3cnc4c(N)ncnc43)c2[nH]1. The van der Waals surface area contributed by atoms with Crippen LogP contribution in [0.2, 0.25) is 0 Å². The molecule has 38 heavy (non-hydrogen) atoms. The molecule has 0 aliphatic heterocycles. The molecule has 6 aromatic rings. The number of nitrogen functional groups attached to an aromatic ring is 1. The third-order valence-corrected chi connectivity index (χ3v) is 6.51. The number of carbonyl (C=O) groups excluding carboxylic acids is 1. The number of fused-ring (bicyclic) bond motifs is 2. The summed E-state index contributed by atoms with van der Waals surface area (Å²) in [6.45, 7) is 4.17. The van der Waals surface area contributed by atoms with Gasteiger partial charge in [-0.15, -0.1) is 0 Å². The molecule has 4 N–H and O–H groups in total. The van der Waals surface area contributed by atoms with Crippen molar-refractivity contribution in [2.24, 2.45) is 0 Å². The molecule has 4 heterocycles. The van der Waals surface area contributed by atoms with Crippen molar-refractivity contribution in [1.29, 1.82) is 0 Å². The molecule has 0 fully saturated rings. The van der Waals surface area contributed by atoms with E-state index in [2.05, 4.69) is 36.5 Å². The van der Waals surface area contributed by atoms with E-state index in [1.54, 1.807) is 32.3 Å². The van der Waals surface area contributed by atoms with Crippen molar-refractivity contribution in [3.8, 4) is 11.1 Å². The molecule has 4 aromatic heterocycles. The fourth-order valence-corrected chi connectivity index (χ4v) is 4.68. The fraction of sp³-hybridized carbons (Fsp3) is 0.148. The first-order valence-electron chi connectivity index (χ1n) is 11.9. The molecular weight excluding hydrogens is 487 g/mol. The van der Waals surface area contributed by atoms with Crippen LogP contribution in [0.15, 0.2) is 59.6 Å². The molecular formula is C27H23FN8O2. The minimum absolute atomic E-state index is 0.255. The summed E-state index contributed by atoms with van der Waals surface area (Å²) in [4.78, 5) is 28.9. The number of halogens is 1. The minimum Gasteiger partial charge on any atom is -0.382 e. The van der Waals surface area contributed by atoms with E-state index in [1.165, 1.54) is 18.5 Å². The fourth-order valence-electron chi connectivity index (χ4n) is 4.68. The highest BCUT2D eigenvalue weighted by molar-refractivity contribution is 5.96. The molecule has 6 rings (SSSR count). The highest BCUT2D eigenvalue weighted by Gasteiger charge is 2.18. The average Bonchev–Trinajstić information content (AvgIpc) is 3.60. The molecule has 0 saturated heterocycles. The molecule has 2 aromatic carbocycles. The Bertz CT molecular complexity index is 1800. The molecule has 0 spiro atoms. The number of nitrogens with one attached hydrogen (secondary N) is 2. The van der Waals surface area contributed by atoms with Gasteiger partial charge in [0.25, 0.3) is 5.91 Å². The summed E-state index contributed by atoms with van der Waals surface area (Å²) in [6.07, 6.45) is 3.09. The summed E-state index contributed by atoms with van der Waals surface area (Å²) in [5.74, 6) is 0.236. The number of rotatable bonds is 6. The Hall–Kier alpha value is -5.06. The van der Waals surface area contributed by atoms with Gasteiger partial charge in [0.1, 0.15) is 29.0 Å². The normalized spacial score (nSPS) is 11.4. The van der Waals surface area contributed by atoms with Crippen LogP contribution in [0.3, 0.4) is 0 Å². The average molecular weight is 511 g/mol. The number of hydrogen-bond acceptors (Lipinski definition) is 7. The second-order valence-electron chi connectivity index (χ2n) is 9.09. The van der Waals surface area contributed by atoms with Crippen molar-refractivity contribution in [1.82, 2.24) is 35.0 Å². The van der Waals surface area contributed by atoms with Crippen LogP contribution in [-0.2, 0) is 13.1 Å². The van der Waals surface area contributed by atoms with Gasteiger partial charge in [-0.05, 0) is 60.9 Å². The van der Waals surface area contributed by atoms with E-state index in [4.69, 9.17) is 10.3 Å². The Morgan fingerprint density at radius 1 is 1.11 bits per heavy atom. The number of aryl methyl sites for hydroxylation is 2. The number of anilines is 1. The van der Waals surface area contributed by atoms with Crippen LogP contribution < -0.4 is 11.1 Å². The Kier molecular flexibility index (Phi) is 5.60. The maximum atomic E-state index is 13.6. The minimum atomic E-state index is -0.296. The van der Waals surface area contributed by atoms with Crippen LogP contribution in [0, 0.1) is 19.7 Å². The van der Waals surface area contributed by atoms with Gasteiger partial charge in [0, 0.05) is 11.1 Å². The Balaban J connectivity index is 1.38. The van der Waals surface area contributed by atoms with Gasteiger partial charge in [0.2, 0.25) is 0 Å². The van der Waals surface area contributed by atoms with Crippen molar-refractivity contribution in [2.75, 3.05) is 5.73 Å². The third kappa shape index (κ3) is 4.13. The monoisotopic (exact) mass is 510 g/mol. The van der Waals surface area contributed by atoms with Crippen LogP contribution >= 0.6 is 0 Å². The van der Waals surface area contributed by atoms with Gasteiger partial charge in [-0.2, -0.15) is 0 Å². The summed E-state index contributed by atoms with van der Waals surface area (Å²) in [7, 11) is 0. The van der Waals surface area contributed by atoms with Crippen molar-refractivity contribution in [2.45, 2.75) is 26.9 Å². The van der Waals surface area contributed by atoms with Crippen molar-refractivity contribution in [3.63, 3.8) is 0 Å². The molecule has 0 aliphatic rings. The number of carbonyl (C=O) groups is 1. The lowest BCUT2D eigenvalue weighted by Gasteiger charge is -2.10. The first-order valence-corrected chi connectivity index (χ1v) is 11.9. The van der Waals surface area contributed by atoms with E-state index in [1.807, 2.05) is 16.7 Å². The van der Waals surface area contributed by atoms with Gasteiger partial charge in [-0.25, -0.2) is 19.3 Å². The summed E-state index contributed by atoms with van der Waals surface area (Å²) < 4.78 is 20.6. The molecule has 0 aliphatic carbocycles. The van der Waals surface area contributed by atoms with Gasteiger partial charge < -0.3 is 25.1 Å². The van der Waals surface area contributed by atoms with Gasteiger partial charge in [0.05, 0.1) is 30.6 Å². The smallest absolute Gasteiger partial charge is 0.257 e. The van der Waals surface area contributed by atoms with E-state index in [-0.39, 0.29) is 18.3 Å². The van der Waals surface area contributed by atoms with Crippen LogP contribution in [0.25, 0.3) is 33.2 Å². The Morgan fingerprint density at radius 2 is 1.92 bits per heavy atom. The largest absolute Gasteiger partial charge is 0.382 e. The highest BCUT2D eigenvalue weighted by Crippen LogP contribution is 2.30. The molecule has 0 saturated carbocycles. The molecule has 0 unspecified atom stereocenters. The highest BCUT2D eigenvalue weighted by atomic mass is 19.1. The number of amides is 1. The second kappa shape index (κ2) is 9.11. The zero-order valence-electron chi connectivity index (χ0n) is 20.6. The number of imidazole rings is 1. The zero-order valence-corrected chi connectivity index (χ0v) is 20.6. The maximum absolute atomic E-state index is 13.6. The van der Waals surface area contributed by atoms with Crippen LogP contribution in [0.5, 0.6) is 0 Å². The summed E-state index contributed by atoms with van der Waals surface area (Å²) in [5.41, 5.74) is 12.6. The first kappa shape index (κ1) is 23.3. The molecule has 0 bridgehead atoms. The molecule has 1 amide bonds. The predicted octanol–water partition coefficient (Wildman–Crippen LogP) is 4.28. The summed E-state index contributed by atoms with van der Waals surface area (Å²) >= 11 is 0. The molecule has 0 atom stereocenters. The molecule has 10 nitrogen and oxygen atoms in total. The lowest BCUT2D eigenvalue weighted by atomic mass is 10.00. The standard InChI is InChI=1S/C27H23FN8O2/c1-14-22(15(2)38-35-14)27(37)30-10-21-9-18-7-17(16-3-5-20(28)6-4-16)8-19(23(18)34-21)11-36-13-33-24-25(29)31-12-32-26(24)36/h3-9,12-13,34H,10-11H2,1-2H3,(H,30,37)(H2,29,31,32). The predicted molar refractivity (Wildman–Crippen MR) is 140 cm³/mol. The van der Waals surface area contributed by atoms with Gasteiger partial charge in [-0.1, -0.05) is 17.3 Å². The number of hydrogen-bond donors (Lipinski definition) is 3. The maximum Gasteiger partial charge on any atom is 0.257 e. The number of H-pyrrole nitrogens is 1. The Morgan fingerprint density at radius 3 is 2.68 bits per heavy atom. The van der Waals surface area contributed by atoms with E-state index in [9.17, 15) is 9.18 Å². The quantitative estimate of drug-likeness (QED) is 0.304. The van der Waals surface area contributed by atoms with E-state index in [0.717, 1.165) is 33.3 Å². The number of benzene rings is 2. The van der Waals surface area contributed by atoms with Crippen molar-refractivity contribution >= 4 is 33.8 Å². The van der Waals surface area contributed by atoms with Crippen LogP contribution in [0.1, 0.15) is 33.1 Å². The van der Waals surface area contributed by atoms with Crippen molar-refractivity contribution < 1.29 is 13.7 Å². The van der Waals surface area contributed by atoms with E-state index in [0.29, 0.717) is 40.5 Å². The number of aromatic nitrogens is 6. The zero-order chi connectivity index (χ0) is 26.4. The summed E-state index contributed by atoms with van der Waals surface area (Å²) in [5, 5.41) is 7.73. The van der Waals surface area contributed by atoms with Crippen LogP contribution in [-0.4, -0.2) is 35.6 Å². The summed E-state index contributed by atoms with van der Waals surface area (Å²) in [6, 6.07) is 12.5.